The number of thioether (sulfide) groups is 1. The van der Waals surface area contributed by atoms with Crippen molar-refractivity contribution in [3.05, 3.63) is 89.7 Å². The summed E-state index contributed by atoms with van der Waals surface area (Å²) in [4.78, 5) is 21.8. The SMILES string of the molecule is Cc1ccc(C(F)(F)F)c(N2C(=O)CS/C2=N\C(=S)N/N=C/c2ccc(-c3ncn(-c4ccc(OC(F)(F)F)cc4)n3)cc2)c1. The van der Waals surface area contributed by atoms with E-state index in [1.54, 1.807) is 31.2 Å². The number of anilines is 1. The van der Waals surface area contributed by atoms with E-state index in [0.29, 0.717) is 28.2 Å². The maximum atomic E-state index is 13.6. The average molecular weight is 664 g/mol. The van der Waals surface area contributed by atoms with Gasteiger partial charge < -0.3 is 4.74 Å². The molecule has 0 spiro atoms. The molecule has 45 heavy (non-hydrogen) atoms. The number of hydrazone groups is 1. The van der Waals surface area contributed by atoms with Gasteiger partial charge in [0.25, 0.3) is 0 Å². The molecule has 2 heterocycles. The molecule has 0 unspecified atom stereocenters. The van der Waals surface area contributed by atoms with Crippen molar-refractivity contribution in [1.29, 1.82) is 0 Å². The number of aromatic nitrogens is 3. The number of ether oxygens (including phenoxy) is 1. The summed E-state index contributed by atoms with van der Waals surface area (Å²) < 4.78 is 83.3. The van der Waals surface area contributed by atoms with Crippen LogP contribution < -0.4 is 15.1 Å². The van der Waals surface area contributed by atoms with Gasteiger partial charge in [-0.2, -0.15) is 23.3 Å². The van der Waals surface area contributed by atoms with Gasteiger partial charge in [0.1, 0.15) is 12.1 Å². The van der Waals surface area contributed by atoms with Crippen molar-refractivity contribution in [1.82, 2.24) is 20.2 Å². The summed E-state index contributed by atoms with van der Waals surface area (Å²) in [5.41, 5.74) is 3.54. The van der Waals surface area contributed by atoms with Gasteiger partial charge in [0, 0.05) is 5.56 Å². The maximum absolute atomic E-state index is 13.6. The summed E-state index contributed by atoms with van der Waals surface area (Å²) in [6.07, 6.45) is -6.62. The molecule has 1 saturated heterocycles. The molecule has 1 amide bonds. The largest absolute Gasteiger partial charge is 0.573 e. The quantitative estimate of drug-likeness (QED) is 0.109. The number of aryl methyl sites for hydroxylation is 1. The summed E-state index contributed by atoms with van der Waals surface area (Å²) in [7, 11) is 0. The Kier molecular flexibility index (Phi) is 8.92. The first-order chi connectivity index (χ1) is 21.3. The van der Waals surface area contributed by atoms with Crippen LogP contribution >= 0.6 is 24.0 Å². The van der Waals surface area contributed by atoms with Crippen LogP contribution in [0.15, 0.2) is 83.2 Å². The van der Waals surface area contributed by atoms with Crippen LogP contribution in [0.3, 0.4) is 0 Å². The molecule has 1 aromatic heterocycles. The standard InChI is InChI=1S/C28H19F6N7O2S2/c1-16-2-11-21(27(29,30)31)22(12-16)41-23(42)14-45-26(41)37-25(44)38-36-13-17-3-5-18(6-4-17)24-35-15-40(39-24)19-7-9-20(10-8-19)43-28(32,33)34/h2-13,15H,14H2,1H3,(H,38,44)/b36-13+,37-26-. The van der Waals surface area contributed by atoms with E-state index < -0.39 is 24.0 Å². The molecular weight excluding hydrogens is 644 g/mol. The highest BCUT2D eigenvalue weighted by Gasteiger charge is 2.39. The predicted octanol–water partition coefficient (Wildman–Crippen LogP) is 6.50. The van der Waals surface area contributed by atoms with Crippen molar-refractivity contribution in [2.24, 2.45) is 10.1 Å². The van der Waals surface area contributed by atoms with E-state index in [1.165, 1.54) is 53.6 Å². The molecule has 4 aromatic rings. The highest BCUT2D eigenvalue weighted by molar-refractivity contribution is 8.15. The zero-order valence-corrected chi connectivity index (χ0v) is 24.4. The van der Waals surface area contributed by atoms with E-state index in [2.05, 4.69) is 30.3 Å². The molecule has 1 aliphatic rings. The lowest BCUT2D eigenvalue weighted by atomic mass is 10.1. The minimum Gasteiger partial charge on any atom is -0.406 e. The van der Waals surface area contributed by atoms with Crippen molar-refractivity contribution in [2.75, 3.05) is 10.7 Å². The molecule has 9 nitrogen and oxygen atoms in total. The second-order valence-corrected chi connectivity index (χ2v) is 10.6. The van der Waals surface area contributed by atoms with Crippen LogP contribution in [0.4, 0.5) is 32.0 Å². The molecule has 1 N–H and O–H groups in total. The number of carbonyl (C=O) groups is 1. The number of hydrogen-bond acceptors (Lipinski definition) is 7. The second-order valence-electron chi connectivity index (χ2n) is 9.28. The van der Waals surface area contributed by atoms with Gasteiger partial charge in [-0.3, -0.25) is 15.1 Å². The number of hydrogen-bond donors (Lipinski definition) is 1. The van der Waals surface area contributed by atoms with Gasteiger partial charge in [-0.05, 0) is 66.7 Å². The van der Waals surface area contributed by atoms with Crippen molar-refractivity contribution < 1.29 is 35.9 Å². The molecule has 232 valence electrons. The van der Waals surface area contributed by atoms with Gasteiger partial charge in [-0.25, -0.2) is 9.67 Å². The van der Waals surface area contributed by atoms with Crippen LogP contribution in [0.25, 0.3) is 17.1 Å². The van der Waals surface area contributed by atoms with Crippen molar-refractivity contribution in [3.63, 3.8) is 0 Å². The number of nitrogens with one attached hydrogen (secondary N) is 1. The number of alkyl halides is 6. The second kappa shape index (κ2) is 12.7. The summed E-state index contributed by atoms with van der Waals surface area (Å²) in [6.45, 7) is 1.62. The van der Waals surface area contributed by atoms with Crippen LogP contribution in [0, 0.1) is 6.92 Å². The molecule has 1 fully saturated rings. The number of nitrogens with zero attached hydrogens (tertiary/aromatic N) is 6. The zero-order valence-electron chi connectivity index (χ0n) is 22.8. The topological polar surface area (TPSA) is 97.0 Å². The van der Waals surface area contributed by atoms with Gasteiger partial charge in [-0.15, -0.1) is 18.3 Å². The fourth-order valence-corrected chi connectivity index (χ4v) is 5.12. The fraction of sp³-hybridized carbons (Fsp3) is 0.143. The average Bonchev–Trinajstić information content (AvgIpc) is 3.59. The number of amides is 1. The third-order valence-electron chi connectivity index (χ3n) is 6.03. The lowest BCUT2D eigenvalue weighted by molar-refractivity contribution is -0.274. The third kappa shape index (κ3) is 7.85. The van der Waals surface area contributed by atoms with Crippen LogP contribution in [0.5, 0.6) is 5.75 Å². The monoisotopic (exact) mass is 663 g/mol. The Morgan fingerprint density at radius 3 is 2.42 bits per heavy atom. The Morgan fingerprint density at radius 2 is 1.76 bits per heavy atom. The molecule has 0 saturated carbocycles. The first-order valence-electron chi connectivity index (χ1n) is 12.7. The van der Waals surface area contributed by atoms with E-state index in [1.807, 2.05) is 0 Å². The molecule has 1 aliphatic heterocycles. The normalized spacial score (nSPS) is 14.9. The number of rotatable bonds is 6. The van der Waals surface area contributed by atoms with Crippen molar-refractivity contribution >= 4 is 52.1 Å². The Morgan fingerprint density at radius 1 is 1.04 bits per heavy atom. The smallest absolute Gasteiger partial charge is 0.406 e. The summed E-state index contributed by atoms with van der Waals surface area (Å²) in [5.74, 6) is -0.657. The number of benzene rings is 3. The number of amidine groups is 1. The maximum Gasteiger partial charge on any atom is 0.573 e. The van der Waals surface area contributed by atoms with Crippen LogP contribution in [-0.4, -0.2) is 49.3 Å². The van der Waals surface area contributed by atoms with Gasteiger partial charge in [0.15, 0.2) is 11.0 Å². The van der Waals surface area contributed by atoms with E-state index in [-0.39, 0.29) is 27.5 Å². The summed E-state index contributed by atoms with van der Waals surface area (Å²) in [5, 5.41) is 8.19. The fourth-order valence-electron chi connectivity index (χ4n) is 4.06. The van der Waals surface area contributed by atoms with Crippen molar-refractivity contribution in [2.45, 2.75) is 19.5 Å². The number of carbonyl (C=O) groups excluding carboxylic acids is 1. The lowest BCUT2D eigenvalue weighted by Gasteiger charge is -2.21. The summed E-state index contributed by atoms with van der Waals surface area (Å²) >= 11 is 6.13. The molecule has 17 heteroatoms. The van der Waals surface area contributed by atoms with Crippen LogP contribution in [0.1, 0.15) is 16.7 Å². The molecular formula is C28H19F6N7O2S2. The molecule has 0 radical (unpaired) electrons. The molecule has 0 atom stereocenters. The highest BCUT2D eigenvalue weighted by atomic mass is 32.2. The Labute approximate surface area is 260 Å². The van der Waals surface area contributed by atoms with Crippen molar-refractivity contribution in [3.8, 4) is 22.8 Å². The first-order valence-corrected chi connectivity index (χ1v) is 14.1. The Bertz CT molecular complexity index is 1790. The van der Waals surface area contributed by atoms with E-state index >= 15 is 0 Å². The molecule has 3 aromatic carbocycles. The lowest BCUT2D eigenvalue weighted by Crippen LogP contribution is -2.32. The predicted molar refractivity (Wildman–Crippen MR) is 160 cm³/mol. The number of halogens is 6. The van der Waals surface area contributed by atoms with Crippen LogP contribution in [0.2, 0.25) is 0 Å². The highest BCUT2D eigenvalue weighted by Crippen LogP contribution is 2.39. The molecule has 0 bridgehead atoms. The minimum absolute atomic E-state index is 0.00864. The minimum atomic E-state index is -4.79. The van der Waals surface area contributed by atoms with Crippen LogP contribution in [-0.2, 0) is 11.0 Å². The summed E-state index contributed by atoms with van der Waals surface area (Å²) in [6, 6.07) is 15.5. The number of thiocarbonyl (C=S) groups is 1. The van der Waals surface area contributed by atoms with E-state index in [4.69, 9.17) is 12.2 Å². The molecule has 0 aliphatic carbocycles. The van der Waals surface area contributed by atoms with E-state index in [9.17, 15) is 31.1 Å². The van der Waals surface area contributed by atoms with Gasteiger partial charge in [0.05, 0.1) is 28.9 Å². The Hall–Kier alpha value is -4.77. The third-order valence-corrected chi connectivity index (χ3v) is 7.14. The van der Waals surface area contributed by atoms with E-state index in [0.717, 1.165) is 22.7 Å². The Balaban J connectivity index is 1.22. The van der Waals surface area contributed by atoms with Gasteiger partial charge >= 0.3 is 12.5 Å². The van der Waals surface area contributed by atoms with Gasteiger partial charge in [-0.1, -0.05) is 42.1 Å². The number of aliphatic imine (C=N–C) groups is 1. The zero-order chi connectivity index (χ0) is 32.4. The first kappa shape index (κ1) is 31.6. The molecule has 5 rings (SSSR count). The van der Waals surface area contributed by atoms with Gasteiger partial charge in [0.2, 0.25) is 11.0 Å².